The third-order valence-corrected chi connectivity index (χ3v) is 2.96. The van der Waals surface area contributed by atoms with Crippen LogP contribution in [0.1, 0.15) is 32.1 Å². The minimum Gasteiger partial charge on any atom is -0.466 e. The molecule has 0 aromatic carbocycles. The SMILES string of the molecule is CCOC(=O)CCCNC(=O)CCc1nc(-c2ccco2)no1. The van der Waals surface area contributed by atoms with Crippen LogP contribution in [0.5, 0.6) is 0 Å². The van der Waals surface area contributed by atoms with Crippen molar-refractivity contribution in [2.24, 2.45) is 0 Å². The minimum absolute atomic E-state index is 0.133. The first-order chi connectivity index (χ1) is 11.2. The summed E-state index contributed by atoms with van der Waals surface area (Å²) in [5.74, 6) is 0.867. The van der Waals surface area contributed by atoms with Crippen LogP contribution in [-0.2, 0) is 20.7 Å². The van der Waals surface area contributed by atoms with Crippen molar-refractivity contribution in [2.75, 3.05) is 13.2 Å². The van der Waals surface area contributed by atoms with Crippen molar-refractivity contribution in [3.63, 3.8) is 0 Å². The number of esters is 1. The van der Waals surface area contributed by atoms with Crippen LogP contribution in [0, 0.1) is 0 Å². The van der Waals surface area contributed by atoms with Gasteiger partial charge in [0.25, 0.3) is 0 Å². The van der Waals surface area contributed by atoms with Crippen LogP contribution in [0.15, 0.2) is 27.3 Å². The molecule has 0 atom stereocenters. The number of rotatable bonds is 9. The predicted octanol–water partition coefficient (Wildman–Crippen LogP) is 1.72. The van der Waals surface area contributed by atoms with E-state index in [1.54, 1.807) is 19.1 Å². The molecular weight excluding hydrogens is 302 g/mol. The summed E-state index contributed by atoms with van der Waals surface area (Å²) in [6, 6.07) is 3.46. The molecule has 0 aliphatic heterocycles. The Kier molecular flexibility index (Phi) is 6.34. The lowest BCUT2D eigenvalue weighted by Crippen LogP contribution is -2.25. The van der Waals surface area contributed by atoms with Crippen LogP contribution in [0.3, 0.4) is 0 Å². The molecule has 0 aliphatic rings. The standard InChI is InChI=1S/C15H19N3O5/c1-2-21-14(20)6-3-9-16-12(19)7-8-13-17-15(18-23-13)11-5-4-10-22-11/h4-5,10H,2-3,6-9H2,1H3,(H,16,19). The first kappa shape index (κ1) is 16.7. The predicted molar refractivity (Wildman–Crippen MR) is 79.2 cm³/mol. The average Bonchev–Trinajstić information content (AvgIpc) is 3.20. The van der Waals surface area contributed by atoms with Crippen LogP contribution in [0.2, 0.25) is 0 Å². The molecule has 8 heteroatoms. The Morgan fingerprint density at radius 3 is 2.96 bits per heavy atom. The van der Waals surface area contributed by atoms with E-state index < -0.39 is 0 Å². The Hall–Kier alpha value is -2.64. The van der Waals surface area contributed by atoms with E-state index in [4.69, 9.17) is 13.7 Å². The maximum absolute atomic E-state index is 11.7. The Bertz CT molecular complexity index is 621. The highest BCUT2D eigenvalue weighted by Crippen LogP contribution is 2.16. The molecule has 0 aliphatic carbocycles. The highest BCUT2D eigenvalue weighted by atomic mass is 16.5. The molecule has 8 nitrogen and oxygen atoms in total. The van der Waals surface area contributed by atoms with Crippen molar-refractivity contribution < 1.29 is 23.3 Å². The Morgan fingerprint density at radius 2 is 2.22 bits per heavy atom. The zero-order valence-electron chi connectivity index (χ0n) is 12.9. The molecule has 2 aromatic rings. The molecule has 1 N–H and O–H groups in total. The first-order valence-corrected chi connectivity index (χ1v) is 7.48. The Balaban J connectivity index is 1.64. The largest absolute Gasteiger partial charge is 0.466 e. The van der Waals surface area contributed by atoms with Crippen molar-refractivity contribution >= 4 is 11.9 Å². The maximum Gasteiger partial charge on any atom is 0.305 e. The first-order valence-electron chi connectivity index (χ1n) is 7.48. The van der Waals surface area contributed by atoms with E-state index in [1.165, 1.54) is 6.26 Å². The van der Waals surface area contributed by atoms with Gasteiger partial charge in [-0.05, 0) is 25.5 Å². The third-order valence-electron chi connectivity index (χ3n) is 2.96. The topological polar surface area (TPSA) is 107 Å². The summed E-state index contributed by atoms with van der Waals surface area (Å²) < 4.78 is 15.0. The van der Waals surface area contributed by atoms with Crippen molar-refractivity contribution in [2.45, 2.75) is 32.6 Å². The molecule has 2 heterocycles. The van der Waals surface area contributed by atoms with Crippen LogP contribution in [0.4, 0.5) is 0 Å². The van der Waals surface area contributed by atoms with Gasteiger partial charge < -0.3 is 19.0 Å². The molecule has 0 bridgehead atoms. The number of nitrogens with zero attached hydrogens (tertiary/aromatic N) is 2. The molecule has 2 rings (SSSR count). The lowest BCUT2D eigenvalue weighted by Gasteiger charge is -2.04. The molecule has 0 saturated carbocycles. The molecular formula is C15H19N3O5. The van der Waals surface area contributed by atoms with Gasteiger partial charge in [-0.15, -0.1) is 0 Å². The Labute approximate surface area is 133 Å². The fraction of sp³-hybridized carbons (Fsp3) is 0.467. The van der Waals surface area contributed by atoms with Gasteiger partial charge >= 0.3 is 5.97 Å². The normalized spacial score (nSPS) is 10.5. The van der Waals surface area contributed by atoms with Gasteiger partial charge in [-0.2, -0.15) is 4.98 Å². The summed E-state index contributed by atoms with van der Waals surface area (Å²) in [5.41, 5.74) is 0. The molecule has 0 unspecified atom stereocenters. The fourth-order valence-electron chi connectivity index (χ4n) is 1.86. The molecule has 1 amide bonds. The molecule has 0 spiro atoms. The molecule has 0 fully saturated rings. The van der Waals surface area contributed by atoms with Crippen LogP contribution >= 0.6 is 0 Å². The van der Waals surface area contributed by atoms with E-state index in [0.29, 0.717) is 49.9 Å². The summed E-state index contributed by atoms with van der Waals surface area (Å²) in [7, 11) is 0. The van der Waals surface area contributed by atoms with E-state index >= 15 is 0 Å². The van der Waals surface area contributed by atoms with Gasteiger partial charge in [0.05, 0.1) is 12.9 Å². The highest BCUT2D eigenvalue weighted by Gasteiger charge is 2.12. The van der Waals surface area contributed by atoms with Crippen molar-refractivity contribution in [1.82, 2.24) is 15.5 Å². The van der Waals surface area contributed by atoms with Gasteiger partial charge in [-0.25, -0.2) is 0 Å². The van der Waals surface area contributed by atoms with E-state index in [2.05, 4.69) is 15.5 Å². The lowest BCUT2D eigenvalue weighted by molar-refractivity contribution is -0.143. The number of hydrogen-bond donors (Lipinski definition) is 1. The molecule has 2 aromatic heterocycles. The summed E-state index contributed by atoms with van der Waals surface area (Å²) in [5, 5.41) is 6.52. The second kappa shape index (κ2) is 8.72. The van der Waals surface area contributed by atoms with Crippen molar-refractivity contribution in [1.29, 1.82) is 0 Å². The minimum atomic E-state index is -0.252. The quantitative estimate of drug-likeness (QED) is 0.553. The third kappa shape index (κ3) is 5.57. The lowest BCUT2D eigenvalue weighted by atomic mass is 10.2. The van der Waals surface area contributed by atoms with Crippen LogP contribution < -0.4 is 5.32 Å². The summed E-state index contributed by atoms with van der Waals surface area (Å²) in [6.45, 7) is 2.56. The van der Waals surface area contributed by atoms with E-state index in [-0.39, 0.29) is 18.3 Å². The zero-order valence-corrected chi connectivity index (χ0v) is 12.9. The zero-order chi connectivity index (χ0) is 16.5. The maximum atomic E-state index is 11.7. The van der Waals surface area contributed by atoms with Crippen molar-refractivity contribution in [3.8, 4) is 11.6 Å². The van der Waals surface area contributed by atoms with E-state index in [0.717, 1.165) is 0 Å². The Morgan fingerprint density at radius 1 is 1.35 bits per heavy atom. The van der Waals surface area contributed by atoms with Gasteiger partial charge in [0.15, 0.2) is 5.76 Å². The molecule has 0 radical (unpaired) electrons. The average molecular weight is 321 g/mol. The molecule has 23 heavy (non-hydrogen) atoms. The second-order valence-corrected chi connectivity index (χ2v) is 4.75. The van der Waals surface area contributed by atoms with Gasteiger partial charge in [-0.3, -0.25) is 9.59 Å². The van der Waals surface area contributed by atoms with Crippen LogP contribution in [0.25, 0.3) is 11.6 Å². The monoisotopic (exact) mass is 321 g/mol. The highest BCUT2D eigenvalue weighted by molar-refractivity contribution is 5.76. The number of carbonyl (C=O) groups excluding carboxylic acids is 2. The van der Waals surface area contributed by atoms with Gasteiger partial charge in [0.1, 0.15) is 0 Å². The smallest absolute Gasteiger partial charge is 0.305 e. The number of aromatic nitrogens is 2. The summed E-state index contributed by atoms with van der Waals surface area (Å²) in [6.07, 6.45) is 2.95. The number of hydrogen-bond acceptors (Lipinski definition) is 7. The summed E-state index contributed by atoms with van der Waals surface area (Å²) in [4.78, 5) is 27.0. The number of aryl methyl sites for hydroxylation is 1. The number of ether oxygens (including phenoxy) is 1. The number of nitrogens with one attached hydrogen (secondary N) is 1. The number of carbonyl (C=O) groups is 2. The second-order valence-electron chi connectivity index (χ2n) is 4.75. The fourth-order valence-corrected chi connectivity index (χ4v) is 1.86. The van der Waals surface area contributed by atoms with Crippen LogP contribution in [-0.4, -0.2) is 35.2 Å². The van der Waals surface area contributed by atoms with E-state index in [1.807, 2.05) is 0 Å². The van der Waals surface area contributed by atoms with E-state index in [9.17, 15) is 9.59 Å². The number of amides is 1. The number of furan rings is 1. The van der Waals surface area contributed by atoms with Gasteiger partial charge in [0, 0.05) is 25.8 Å². The van der Waals surface area contributed by atoms with Crippen molar-refractivity contribution in [3.05, 3.63) is 24.3 Å². The van der Waals surface area contributed by atoms with Gasteiger partial charge in [0.2, 0.25) is 17.6 Å². The molecule has 124 valence electrons. The van der Waals surface area contributed by atoms with Gasteiger partial charge in [-0.1, -0.05) is 5.16 Å². The summed E-state index contributed by atoms with van der Waals surface area (Å²) >= 11 is 0. The molecule has 0 saturated heterocycles.